The van der Waals surface area contributed by atoms with Gasteiger partial charge in [0.1, 0.15) is 17.4 Å². The van der Waals surface area contributed by atoms with Crippen LogP contribution in [-0.4, -0.2) is 43.7 Å². The highest BCUT2D eigenvalue weighted by Gasteiger charge is 2.24. The number of para-hydroxylation sites is 1. The van der Waals surface area contributed by atoms with E-state index in [4.69, 9.17) is 4.98 Å². The lowest BCUT2D eigenvalue weighted by Crippen LogP contribution is -2.37. The number of nitrogens with zero attached hydrogens (tertiary/aromatic N) is 5. The lowest BCUT2D eigenvalue weighted by atomic mass is 9.93. The summed E-state index contributed by atoms with van der Waals surface area (Å²) in [5.74, 6) is 1.29. The first-order valence-electron chi connectivity index (χ1n) is 10.9. The number of fused-ring (bicyclic) bond motifs is 3. The van der Waals surface area contributed by atoms with Crippen LogP contribution in [-0.2, 0) is 6.54 Å². The van der Waals surface area contributed by atoms with Gasteiger partial charge in [-0.3, -0.25) is 0 Å². The van der Waals surface area contributed by atoms with Crippen LogP contribution in [0.1, 0.15) is 25.0 Å². The van der Waals surface area contributed by atoms with E-state index in [1.165, 1.54) is 4.90 Å². The number of nitriles is 1. The van der Waals surface area contributed by atoms with E-state index in [2.05, 4.69) is 15.6 Å². The predicted octanol–water partition coefficient (Wildman–Crippen LogP) is 4.90. The normalized spacial score (nSPS) is 14.7. The summed E-state index contributed by atoms with van der Waals surface area (Å²) in [6.45, 7) is 1.92. The third-order valence-electron chi connectivity index (χ3n) is 6.37. The highest BCUT2D eigenvalue weighted by molar-refractivity contribution is 6.05. The van der Waals surface area contributed by atoms with Crippen LogP contribution in [0.3, 0.4) is 0 Å². The zero-order chi connectivity index (χ0) is 22.1. The number of likely N-dealkylation sites (tertiary alicyclic amines) is 1. The van der Waals surface area contributed by atoms with Gasteiger partial charge >= 0.3 is 6.09 Å². The molecule has 0 radical (unpaired) electrons. The molecule has 160 valence electrons. The van der Waals surface area contributed by atoms with Crippen molar-refractivity contribution < 1.29 is 9.90 Å². The fourth-order valence-electron chi connectivity index (χ4n) is 4.66. The molecule has 1 amide bonds. The molecule has 0 unspecified atom stereocenters. The molecule has 0 spiro atoms. The molecule has 5 rings (SSSR count). The summed E-state index contributed by atoms with van der Waals surface area (Å²) in [4.78, 5) is 22.2. The minimum atomic E-state index is -0.835. The van der Waals surface area contributed by atoms with Gasteiger partial charge in [-0.25, -0.2) is 14.8 Å². The zero-order valence-electron chi connectivity index (χ0n) is 17.6. The number of rotatable bonds is 4. The maximum atomic E-state index is 11.2. The molecular weight excluding hydrogens is 402 g/mol. The number of imidazole rings is 1. The first kappa shape index (κ1) is 20.0. The van der Waals surface area contributed by atoms with Crippen LogP contribution in [0.2, 0.25) is 0 Å². The van der Waals surface area contributed by atoms with E-state index in [9.17, 15) is 15.2 Å². The van der Waals surface area contributed by atoms with Gasteiger partial charge in [-0.1, -0.05) is 48.5 Å². The molecule has 1 saturated heterocycles. The molecule has 1 fully saturated rings. The Morgan fingerprint density at radius 2 is 1.78 bits per heavy atom. The van der Waals surface area contributed by atoms with Gasteiger partial charge in [0.25, 0.3) is 0 Å². The first-order chi connectivity index (χ1) is 15.7. The smallest absolute Gasteiger partial charge is 0.407 e. The molecule has 2 aromatic heterocycles. The van der Waals surface area contributed by atoms with Crippen molar-refractivity contribution in [3.63, 3.8) is 0 Å². The van der Waals surface area contributed by atoms with E-state index in [0.29, 0.717) is 30.2 Å². The van der Waals surface area contributed by atoms with E-state index in [1.54, 1.807) is 0 Å². The zero-order valence-corrected chi connectivity index (χ0v) is 17.6. The number of aryl methyl sites for hydroxylation is 1. The van der Waals surface area contributed by atoms with Crippen molar-refractivity contribution in [2.45, 2.75) is 25.8 Å². The summed E-state index contributed by atoms with van der Waals surface area (Å²) in [6, 6.07) is 20.1. The van der Waals surface area contributed by atoms with Crippen LogP contribution >= 0.6 is 0 Å². The molecule has 0 atom stereocenters. The molecule has 0 aliphatic carbocycles. The van der Waals surface area contributed by atoms with E-state index in [-0.39, 0.29) is 0 Å². The molecule has 1 N–H and O–H groups in total. The number of piperidine rings is 1. The minimum absolute atomic E-state index is 0.337. The molecule has 1 aliphatic heterocycles. The molecule has 7 nitrogen and oxygen atoms in total. The highest BCUT2D eigenvalue weighted by Crippen LogP contribution is 2.32. The molecule has 3 heterocycles. The number of amides is 1. The summed E-state index contributed by atoms with van der Waals surface area (Å²) in [6.07, 6.45) is 1.83. The standard InChI is InChI=1S/C25H23N5O2/c26-16-21-22-23(19-8-4-5-9-20(19)27-21)30(24(28-22)18-6-2-1-3-7-18)15-12-17-10-13-29(14-11-17)25(31)32/h1-9,17H,10-15H2,(H,31,32). The minimum Gasteiger partial charge on any atom is -0.465 e. The molecule has 32 heavy (non-hydrogen) atoms. The van der Waals surface area contributed by atoms with E-state index in [1.807, 2.05) is 54.6 Å². The third kappa shape index (κ3) is 3.54. The van der Waals surface area contributed by atoms with Crippen LogP contribution in [0.4, 0.5) is 4.79 Å². The van der Waals surface area contributed by atoms with E-state index < -0.39 is 6.09 Å². The molecule has 1 aliphatic rings. The fourth-order valence-corrected chi connectivity index (χ4v) is 4.66. The summed E-state index contributed by atoms with van der Waals surface area (Å²) in [5, 5.41) is 20.0. The van der Waals surface area contributed by atoms with Gasteiger partial charge in [0.05, 0.1) is 11.0 Å². The maximum absolute atomic E-state index is 11.2. The Balaban J connectivity index is 1.59. The van der Waals surface area contributed by atoms with Gasteiger partial charge in [-0.2, -0.15) is 5.26 Å². The lowest BCUT2D eigenvalue weighted by molar-refractivity contribution is 0.122. The quantitative estimate of drug-likeness (QED) is 0.502. The third-order valence-corrected chi connectivity index (χ3v) is 6.37. The maximum Gasteiger partial charge on any atom is 0.407 e. The summed E-state index contributed by atoms with van der Waals surface area (Å²) in [5.41, 5.74) is 3.69. The molecule has 2 aromatic carbocycles. The first-order valence-corrected chi connectivity index (χ1v) is 10.9. The van der Waals surface area contributed by atoms with Crippen molar-refractivity contribution in [3.05, 3.63) is 60.3 Å². The lowest BCUT2D eigenvalue weighted by Gasteiger charge is -2.30. The summed E-state index contributed by atoms with van der Waals surface area (Å²) < 4.78 is 2.22. The van der Waals surface area contributed by atoms with Gasteiger partial charge in [-0.15, -0.1) is 0 Å². The van der Waals surface area contributed by atoms with Crippen molar-refractivity contribution in [2.24, 2.45) is 5.92 Å². The van der Waals surface area contributed by atoms with Crippen molar-refractivity contribution >= 4 is 28.0 Å². The SMILES string of the molecule is N#Cc1nc2ccccc2c2c1nc(-c1ccccc1)n2CCC1CCN(C(=O)O)CC1. The molecular formula is C25H23N5O2. The number of hydrogen-bond donors (Lipinski definition) is 1. The Kier molecular flexibility index (Phi) is 5.20. The average Bonchev–Trinajstić information content (AvgIpc) is 3.23. The second-order valence-corrected chi connectivity index (χ2v) is 8.24. The largest absolute Gasteiger partial charge is 0.465 e. The van der Waals surface area contributed by atoms with Gasteiger partial charge in [0, 0.05) is 30.6 Å². The van der Waals surface area contributed by atoms with Crippen LogP contribution in [0.15, 0.2) is 54.6 Å². The Bertz CT molecular complexity index is 1330. The monoisotopic (exact) mass is 425 g/mol. The Hall–Kier alpha value is -3.92. The fraction of sp³-hybridized carbons (Fsp3) is 0.280. The summed E-state index contributed by atoms with van der Waals surface area (Å²) >= 11 is 0. The Morgan fingerprint density at radius 1 is 1.06 bits per heavy atom. The van der Waals surface area contributed by atoms with Crippen LogP contribution in [0, 0.1) is 17.2 Å². The number of aromatic nitrogens is 3. The predicted molar refractivity (Wildman–Crippen MR) is 122 cm³/mol. The van der Waals surface area contributed by atoms with Crippen molar-refractivity contribution in [3.8, 4) is 17.5 Å². The van der Waals surface area contributed by atoms with E-state index >= 15 is 0 Å². The van der Waals surface area contributed by atoms with Gasteiger partial charge in [0.2, 0.25) is 0 Å². The molecule has 0 saturated carbocycles. The number of benzene rings is 2. The molecule has 0 bridgehead atoms. The van der Waals surface area contributed by atoms with Crippen LogP contribution in [0.25, 0.3) is 33.3 Å². The van der Waals surface area contributed by atoms with Gasteiger partial charge < -0.3 is 14.6 Å². The van der Waals surface area contributed by atoms with Gasteiger partial charge in [-0.05, 0) is 31.2 Å². The number of carboxylic acid groups (broad SMARTS) is 1. The Morgan fingerprint density at radius 3 is 2.50 bits per heavy atom. The van der Waals surface area contributed by atoms with Gasteiger partial charge in [0.15, 0.2) is 5.69 Å². The van der Waals surface area contributed by atoms with Crippen molar-refractivity contribution in [1.82, 2.24) is 19.4 Å². The van der Waals surface area contributed by atoms with Crippen molar-refractivity contribution in [2.75, 3.05) is 13.1 Å². The van der Waals surface area contributed by atoms with Crippen molar-refractivity contribution in [1.29, 1.82) is 5.26 Å². The topological polar surface area (TPSA) is 95.0 Å². The Labute approximate surface area is 185 Å². The second kappa shape index (κ2) is 8.31. The number of carbonyl (C=O) groups is 1. The second-order valence-electron chi connectivity index (χ2n) is 8.24. The molecule has 7 heteroatoms. The van der Waals surface area contributed by atoms with Crippen LogP contribution in [0.5, 0.6) is 0 Å². The highest BCUT2D eigenvalue weighted by atomic mass is 16.4. The number of hydrogen-bond acceptors (Lipinski definition) is 4. The van der Waals surface area contributed by atoms with E-state index in [0.717, 1.165) is 53.6 Å². The summed E-state index contributed by atoms with van der Waals surface area (Å²) in [7, 11) is 0. The average molecular weight is 425 g/mol. The molecule has 4 aromatic rings. The van der Waals surface area contributed by atoms with Crippen LogP contribution < -0.4 is 0 Å². The number of pyridine rings is 1.